The summed E-state index contributed by atoms with van der Waals surface area (Å²) in [6, 6.07) is 5.83. The first-order valence-electron chi connectivity index (χ1n) is 7.87. The van der Waals surface area contributed by atoms with E-state index in [0.717, 1.165) is 12.2 Å². The lowest BCUT2D eigenvalue weighted by Crippen LogP contribution is -2.43. The molecule has 0 aromatic heterocycles. The fourth-order valence-electron chi connectivity index (χ4n) is 2.65. The van der Waals surface area contributed by atoms with Crippen LogP contribution in [0.4, 0.5) is 5.69 Å². The summed E-state index contributed by atoms with van der Waals surface area (Å²) in [6.07, 6.45) is 0. The molecule has 1 aliphatic rings. The third-order valence-corrected chi connectivity index (χ3v) is 4.08. The van der Waals surface area contributed by atoms with Crippen LogP contribution in [0.1, 0.15) is 34.6 Å². The maximum absolute atomic E-state index is 10.6. The van der Waals surface area contributed by atoms with E-state index in [0.29, 0.717) is 17.3 Å². The molecule has 1 heterocycles. The average Bonchev–Trinajstić information content (AvgIpc) is 2.92. The van der Waals surface area contributed by atoms with Crippen molar-refractivity contribution in [3.63, 3.8) is 0 Å². The number of hydrogen-bond donors (Lipinski definition) is 1. The maximum Gasteiger partial charge on any atom is 0.136 e. The Morgan fingerprint density at radius 1 is 1.04 bits per heavy atom. The van der Waals surface area contributed by atoms with Gasteiger partial charge in [-0.1, -0.05) is 20.8 Å². The first kappa shape index (κ1) is 17.6. The summed E-state index contributed by atoms with van der Waals surface area (Å²) in [5, 5.41) is 10.6. The summed E-state index contributed by atoms with van der Waals surface area (Å²) in [7, 11) is 3.26. The molecule has 0 saturated heterocycles. The first-order valence-corrected chi connectivity index (χ1v) is 7.87. The average molecular weight is 320 g/mol. The zero-order valence-electron chi connectivity index (χ0n) is 15.2. The Labute approximate surface area is 138 Å². The van der Waals surface area contributed by atoms with Gasteiger partial charge in [-0.05, 0) is 19.3 Å². The summed E-state index contributed by atoms with van der Waals surface area (Å²) in [4.78, 5) is 6.87. The molecule has 2 rings (SSSR count). The molecule has 0 saturated carbocycles. The lowest BCUT2D eigenvalue weighted by atomic mass is 9.87. The normalized spacial score (nSPS) is 18.9. The summed E-state index contributed by atoms with van der Waals surface area (Å²) < 4.78 is 10.7. The van der Waals surface area contributed by atoms with E-state index in [1.54, 1.807) is 28.1 Å². The lowest BCUT2D eigenvalue weighted by Gasteiger charge is -2.29. The van der Waals surface area contributed by atoms with Crippen molar-refractivity contribution >= 4 is 11.5 Å². The molecule has 1 atom stereocenters. The Morgan fingerprint density at radius 2 is 1.57 bits per heavy atom. The van der Waals surface area contributed by atoms with Crippen molar-refractivity contribution in [1.82, 2.24) is 0 Å². The molecule has 23 heavy (non-hydrogen) atoms. The predicted molar refractivity (Wildman–Crippen MR) is 93.9 cm³/mol. The van der Waals surface area contributed by atoms with E-state index in [4.69, 9.17) is 14.5 Å². The minimum atomic E-state index is -1.02. The van der Waals surface area contributed by atoms with Crippen molar-refractivity contribution in [2.45, 2.75) is 46.3 Å². The molecular formula is C18H28N2O3. The number of amidine groups is 1. The van der Waals surface area contributed by atoms with Crippen LogP contribution in [0.2, 0.25) is 0 Å². The number of aliphatic imine (C=N–C) groups is 1. The second-order valence-electron chi connectivity index (χ2n) is 7.58. The second kappa shape index (κ2) is 6.04. The van der Waals surface area contributed by atoms with Crippen molar-refractivity contribution in [2.24, 2.45) is 10.4 Å². The van der Waals surface area contributed by atoms with Crippen molar-refractivity contribution in [2.75, 3.05) is 25.7 Å². The molecule has 5 nitrogen and oxygen atoms in total. The molecule has 128 valence electrons. The minimum absolute atomic E-state index is 0.0220. The molecular weight excluding hydrogens is 292 g/mol. The van der Waals surface area contributed by atoms with Gasteiger partial charge in [0.05, 0.1) is 20.3 Å². The molecule has 5 heteroatoms. The van der Waals surface area contributed by atoms with Crippen LogP contribution in [0.25, 0.3) is 0 Å². The van der Waals surface area contributed by atoms with Gasteiger partial charge in [0.1, 0.15) is 22.9 Å². The third kappa shape index (κ3) is 3.78. The highest BCUT2D eigenvalue weighted by Gasteiger charge is 2.39. The number of hydrogen-bond acceptors (Lipinski definition) is 5. The van der Waals surface area contributed by atoms with Crippen LogP contribution in [-0.4, -0.2) is 43.3 Å². The van der Waals surface area contributed by atoms with Crippen LogP contribution < -0.4 is 14.4 Å². The monoisotopic (exact) mass is 320 g/mol. The van der Waals surface area contributed by atoms with Gasteiger partial charge in [0.2, 0.25) is 0 Å². The van der Waals surface area contributed by atoms with Gasteiger partial charge in [0.15, 0.2) is 0 Å². The Hall–Kier alpha value is -1.75. The van der Waals surface area contributed by atoms with Crippen LogP contribution >= 0.6 is 0 Å². The zero-order chi connectivity index (χ0) is 17.4. The third-order valence-electron chi connectivity index (χ3n) is 4.08. The van der Waals surface area contributed by atoms with Gasteiger partial charge in [-0.25, -0.2) is 0 Å². The SMILES string of the molecule is COc1cc(OC)cc(N2C[C@H](C(C)(C)C)N=C2C(C)(C)O)c1. The van der Waals surface area contributed by atoms with Crippen LogP contribution in [0.5, 0.6) is 11.5 Å². The van der Waals surface area contributed by atoms with Crippen LogP contribution in [0.3, 0.4) is 0 Å². The van der Waals surface area contributed by atoms with E-state index in [9.17, 15) is 5.11 Å². The summed E-state index contributed by atoms with van der Waals surface area (Å²) in [6.45, 7) is 10.7. The van der Waals surface area contributed by atoms with Crippen LogP contribution in [0, 0.1) is 5.41 Å². The van der Waals surface area contributed by atoms with Gasteiger partial charge >= 0.3 is 0 Å². The van der Waals surface area contributed by atoms with Crippen molar-refractivity contribution in [3.8, 4) is 11.5 Å². The Bertz CT molecular complexity index is 575. The number of benzene rings is 1. The zero-order valence-corrected chi connectivity index (χ0v) is 15.2. The highest BCUT2D eigenvalue weighted by atomic mass is 16.5. The number of methoxy groups -OCH3 is 2. The molecule has 0 radical (unpaired) electrons. The van der Waals surface area contributed by atoms with E-state index >= 15 is 0 Å². The van der Waals surface area contributed by atoms with Gasteiger partial charge in [0.25, 0.3) is 0 Å². The van der Waals surface area contributed by atoms with Gasteiger partial charge in [-0.15, -0.1) is 0 Å². The molecule has 1 N–H and O–H groups in total. The summed E-state index contributed by atoms with van der Waals surface area (Å²) >= 11 is 0. The first-order chi connectivity index (χ1) is 10.6. The smallest absolute Gasteiger partial charge is 0.136 e. The molecule has 0 aliphatic carbocycles. The second-order valence-corrected chi connectivity index (χ2v) is 7.58. The van der Waals surface area contributed by atoms with Crippen molar-refractivity contribution in [1.29, 1.82) is 0 Å². The van der Waals surface area contributed by atoms with Crippen LogP contribution in [-0.2, 0) is 0 Å². The number of aliphatic hydroxyl groups is 1. The molecule has 1 aromatic rings. The number of anilines is 1. The predicted octanol–water partition coefficient (Wildman–Crippen LogP) is 3.11. The molecule has 1 aliphatic heterocycles. The molecule has 0 bridgehead atoms. The van der Waals surface area contributed by atoms with Gasteiger partial charge in [0, 0.05) is 30.4 Å². The summed E-state index contributed by atoms with van der Waals surface area (Å²) in [5.74, 6) is 2.11. The molecule has 1 aromatic carbocycles. The van der Waals surface area contributed by atoms with E-state index in [-0.39, 0.29) is 11.5 Å². The van der Waals surface area contributed by atoms with Crippen LogP contribution in [0.15, 0.2) is 23.2 Å². The van der Waals surface area contributed by atoms with Crippen molar-refractivity contribution < 1.29 is 14.6 Å². The van der Waals surface area contributed by atoms with E-state index in [1.165, 1.54) is 0 Å². The standard InChI is InChI=1S/C18H28N2O3/c1-17(2,3)15-11-20(16(19-15)18(4,5)21)12-8-13(22-6)10-14(9-12)23-7/h8-10,15,21H,11H2,1-7H3/t15-/m1/s1. The Morgan fingerprint density at radius 3 is 1.96 bits per heavy atom. The molecule has 0 spiro atoms. The fourth-order valence-corrected chi connectivity index (χ4v) is 2.65. The molecule has 0 unspecified atom stereocenters. The molecule has 0 amide bonds. The Kier molecular flexibility index (Phi) is 4.62. The number of ether oxygens (including phenoxy) is 2. The van der Waals surface area contributed by atoms with E-state index in [1.807, 2.05) is 18.2 Å². The highest BCUT2D eigenvalue weighted by molar-refractivity contribution is 6.05. The fraction of sp³-hybridized carbons (Fsp3) is 0.611. The highest BCUT2D eigenvalue weighted by Crippen LogP contribution is 2.36. The number of nitrogens with zero attached hydrogens (tertiary/aromatic N) is 2. The maximum atomic E-state index is 10.6. The topological polar surface area (TPSA) is 54.3 Å². The minimum Gasteiger partial charge on any atom is -0.497 e. The van der Waals surface area contributed by atoms with E-state index in [2.05, 4.69) is 25.7 Å². The summed E-state index contributed by atoms with van der Waals surface area (Å²) in [5.41, 5.74) is -0.0846. The quantitative estimate of drug-likeness (QED) is 0.926. The molecule has 0 fully saturated rings. The van der Waals surface area contributed by atoms with Gasteiger partial charge in [-0.2, -0.15) is 0 Å². The van der Waals surface area contributed by atoms with Crippen molar-refractivity contribution in [3.05, 3.63) is 18.2 Å². The van der Waals surface area contributed by atoms with Gasteiger partial charge in [-0.3, -0.25) is 4.99 Å². The largest absolute Gasteiger partial charge is 0.497 e. The van der Waals surface area contributed by atoms with Gasteiger partial charge < -0.3 is 19.5 Å². The van der Waals surface area contributed by atoms with E-state index < -0.39 is 5.60 Å². The Balaban J connectivity index is 2.47. The number of rotatable bonds is 4. The lowest BCUT2D eigenvalue weighted by molar-refractivity contribution is 0.152.